The largest absolute Gasteiger partial charge is 0.329 e. The van der Waals surface area contributed by atoms with E-state index in [9.17, 15) is 24.0 Å². The number of nitrogens with one attached hydrogen (secondary N) is 3. The number of piperidine rings is 1. The predicted molar refractivity (Wildman–Crippen MR) is 124 cm³/mol. The molecule has 3 N–H and O–H groups in total. The van der Waals surface area contributed by atoms with Gasteiger partial charge in [0.2, 0.25) is 11.8 Å². The highest BCUT2D eigenvalue weighted by Crippen LogP contribution is 2.29. The molecule has 2 aromatic carbocycles. The van der Waals surface area contributed by atoms with Gasteiger partial charge < -0.3 is 10.6 Å². The second kappa shape index (κ2) is 8.74. The van der Waals surface area contributed by atoms with Gasteiger partial charge in [0, 0.05) is 12.1 Å². The van der Waals surface area contributed by atoms with Crippen LogP contribution in [0.15, 0.2) is 42.5 Å². The second-order valence-corrected chi connectivity index (χ2v) is 8.96. The van der Waals surface area contributed by atoms with Crippen LogP contribution in [-0.2, 0) is 21.5 Å². The molecule has 9 nitrogen and oxygen atoms in total. The number of carbonyl (C=O) groups excluding carboxylic acids is 5. The predicted octanol–water partition coefficient (Wildman–Crippen LogP) is 2.71. The molecule has 2 heterocycles. The monoisotopic (exact) mass is 462 g/mol. The van der Waals surface area contributed by atoms with Crippen LogP contribution < -0.4 is 16.0 Å². The van der Waals surface area contributed by atoms with Gasteiger partial charge in [-0.05, 0) is 56.0 Å². The van der Waals surface area contributed by atoms with Crippen molar-refractivity contribution < 1.29 is 24.0 Å². The van der Waals surface area contributed by atoms with E-state index in [1.165, 1.54) is 23.8 Å². The van der Waals surface area contributed by atoms with E-state index in [0.29, 0.717) is 5.69 Å². The van der Waals surface area contributed by atoms with E-state index < -0.39 is 41.2 Å². The van der Waals surface area contributed by atoms with Crippen LogP contribution in [0.25, 0.3) is 0 Å². The van der Waals surface area contributed by atoms with Gasteiger partial charge in [0.1, 0.15) is 6.04 Å². The molecule has 34 heavy (non-hydrogen) atoms. The molecule has 2 aliphatic heterocycles. The molecular formula is C25H26N4O5. The second-order valence-electron chi connectivity index (χ2n) is 8.96. The SMILES string of the molecule is CCc1ccc(C(C)(C)NC(=O)Nc2ccc3c(c2)C(=O)N(C2CCC(=O)NC2=O)C3=O)cc1. The lowest BCUT2D eigenvalue weighted by molar-refractivity contribution is -0.136. The van der Waals surface area contributed by atoms with Gasteiger partial charge in [0.25, 0.3) is 11.8 Å². The van der Waals surface area contributed by atoms with Crippen molar-refractivity contribution in [3.05, 3.63) is 64.7 Å². The molecule has 6 amide bonds. The maximum atomic E-state index is 12.9. The minimum atomic E-state index is -1.04. The number of fused-ring (bicyclic) bond motifs is 1. The van der Waals surface area contributed by atoms with Crippen LogP contribution in [0.1, 0.15) is 65.5 Å². The van der Waals surface area contributed by atoms with Gasteiger partial charge in [-0.1, -0.05) is 31.2 Å². The molecule has 1 atom stereocenters. The van der Waals surface area contributed by atoms with Gasteiger partial charge in [-0.15, -0.1) is 0 Å². The highest BCUT2D eigenvalue weighted by atomic mass is 16.2. The van der Waals surface area contributed by atoms with Crippen molar-refractivity contribution in [1.82, 2.24) is 15.5 Å². The molecular weight excluding hydrogens is 436 g/mol. The maximum Gasteiger partial charge on any atom is 0.319 e. The summed E-state index contributed by atoms with van der Waals surface area (Å²) in [6, 6.07) is 10.9. The number of hydrogen-bond acceptors (Lipinski definition) is 5. The van der Waals surface area contributed by atoms with Crippen LogP contribution in [0.2, 0.25) is 0 Å². The first-order valence-corrected chi connectivity index (χ1v) is 11.1. The van der Waals surface area contributed by atoms with E-state index in [-0.39, 0.29) is 24.0 Å². The fourth-order valence-corrected chi connectivity index (χ4v) is 4.22. The number of hydrogen-bond donors (Lipinski definition) is 3. The maximum absolute atomic E-state index is 12.9. The molecule has 4 rings (SSSR count). The first-order valence-electron chi connectivity index (χ1n) is 11.1. The van der Waals surface area contributed by atoms with Crippen LogP contribution in [0.3, 0.4) is 0 Å². The Labute approximate surface area is 196 Å². The Morgan fingerprint density at radius 2 is 1.71 bits per heavy atom. The van der Waals surface area contributed by atoms with E-state index in [1.54, 1.807) is 0 Å². The van der Waals surface area contributed by atoms with Gasteiger partial charge in [0.15, 0.2) is 0 Å². The third-order valence-corrected chi connectivity index (χ3v) is 6.21. The fourth-order valence-electron chi connectivity index (χ4n) is 4.22. The molecule has 0 radical (unpaired) electrons. The first kappa shape index (κ1) is 23.2. The highest BCUT2D eigenvalue weighted by Gasteiger charge is 2.44. The summed E-state index contributed by atoms with van der Waals surface area (Å²) in [5, 5.41) is 7.79. The summed E-state index contributed by atoms with van der Waals surface area (Å²) in [5.74, 6) is -2.32. The number of aryl methyl sites for hydroxylation is 1. The Bertz CT molecular complexity index is 1200. The number of urea groups is 1. The van der Waals surface area contributed by atoms with Crippen LogP contribution >= 0.6 is 0 Å². The van der Waals surface area contributed by atoms with Gasteiger partial charge in [-0.2, -0.15) is 0 Å². The molecule has 1 saturated heterocycles. The van der Waals surface area contributed by atoms with Gasteiger partial charge in [-0.3, -0.25) is 29.4 Å². The smallest absolute Gasteiger partial charge is 0.319 e. The average Bonchev–Trinajstić information content (AvgIpc) is 3.03. The zero-order valence-electron chi connectivity index (χ0n) is 19.2. The standard InChI is InChI=1S/C25H26N4O5/c1-4-14-5-7-15(8-6-14)25(2,3)28-24(34)26-16-9-10-17-18(13-16)23(33)29(22(17)32)19-11-12-20(30)27-21(19)31/h5-10,13,19H,4,11-12H2,1-3H3,(H2,26,28,34)(H,27,30,31). The van der Waals surface area contributed by atoms with Crippen molar-refractivity contribution in [2.24, 2.45) is 0 Å². The normalized spacial score (nSPS) is 18.0. The van der Waals surface area contributed by atoms with Crippen molar-refractivity contribution in [2.75, 3.05) is 5.32 Å². The van der Waals surface area contributed by atoms with Crippen molar-refractivity contribution in [3.8, 4) is 0 Å². The molecule has 2 aliphatic rings. The molecule has 1 fully saturated rings. The molecule has 2 aromatic rings. The lowest BCUT2D eigenvalue weighted by Crippen LogP contribution is -2.54. The summed E-state index contributed by atoms with van der Waals surface area (Å²) in [6.45, 7) is 5.84. The number of amides is 6. The molecule has 0 saturated carbocycles. The van der Waals surface area contributed by atoms with E-state index >= 15 is 0 Å². The third kappa shape index (κ3) is 4.28. The Balaban J connectivity index is 1.47. The molecule has 9 heteroatoms. The number of benzene rings is 2. The van der Waals surface area contributed by atoms with Gasteiger partial charge >= 0.3 is 6.03 Å². The van der Waals surface area contributed by atoms with E-state index in [0.717, 1.165) is 16.9 Å². The van der Waals surface area contributed by atoms with Crippen LogP contribution in [0.5, 0.6) is 0 Å². The molecule has 0 aromatic heterocycles. The first-order chi connectivity index (χ1) is 16.1. The van der Waals surface area contributed by atoms with Crippen LogP contribution in [0.4, 0.5) is 10.5 Å². The van der Waals surface area contributed by atoms with Gasteiger partial charge in [0.05, 0.1) is 16.7 Å². The summed E-state index contributed by atoms with van der Waals surface area (Å²) >= 11 is 0. The third-order valence-electron chi connectivity index (χ3n) is 6.21. The minimum absolute atomic E-state index is 0.0494. The number of anilines is 1. The lowest BCUT2D eigenvalue weighted by atomic mass is 9.93. The molecule has 0 bridgehead atoms. The van der Waals surface area contributed by atoms with E-state index in [4.69, 9.17) is 0 Å². The lowest BCUT2D eigenvalue weighted by Gasteiger charge is -2.27. The minimum Gasteiger partial charge on any atom is -0.329 e. The summed E-state index contributed by atoms with van der Waals surface area (Å²) in [7, 11) is 0. The van der Waals surface area contributed by atoms with E-state index in [1.807, 2.05) is 38.1 Å². The summed E-state index contributed by atoms with van der Waals surface area (Å²) in [6.07, 6.45) is 1.06. The summed E-state index contributed by atoms with van der Waals surface area (Å²) in [4.78, 5) is 62.9. The average molecular weight is 463 g/mol. The Hall–Kier alpha value is -4.01. The quantitative estimate of drug-likeness (QED) is 0.590. The number of rotatable bonds is 5. The Morgan fingerprint density at radius 3 is 2.35 bits per heavy atom. The van der Waals surface area contributed by atoms with Crippen LogP contribution in [-0.4, -0.2) is 40.6 Å². The zero-order valence-corrected chi connectivity index (χ0v) is 19.2. The van der Waals surface area contributed by atoms with E-state index in [2.05, 4.69) is 22.9 Å². The molecule has 1 unspecified atom stereocenters. The van der Waals surface area contributed by atoms with Crippen LogP contribution in [0, 0.1) is 0 Å². The number of nitrogens with zero attached hydrogens (tertiary/aromatic N) is 1. The zero-order chi connectivity index (χ0) is 24.6. The Kier molecular flexibility index (Phi) is 5.95. The van der Waals surface area contributed by atoms with Crippen molar-refractivity contribution in [1.29, 1.82) is 0 Å². The summed E-state index contributed by atoms with van der Waals surface area (Å²) in [5.41, 5.74) is 2.07. The molecule has 0 aliphatic carbocycles. The number of carbonyl (C=O) groups is 5. The molecule has 176 valence electrons. The molecule has 0 spiro atoms. The van der Waals surface area contributed by atoms with Gasteiger partial charge in [-0.25, -0.2) is 4.79 Å². The Morgan fingerprint density at radius 1 is 1.03 bits per heavy atom. The van der Waals surface area contributed by atoms with Crippen molar-refractivity contribution >= 4 is 35.3 Å². The fraction of sp³-hybridized carbons (Fsp3) is 0.320. The van der Waals surface area contributed by atoms with Crippen molar-refractivity contribution in [3.63, 3.8) is 0 Å². The summed E-state index contributed by atoms with van der Waals surface area (Å²) < 4.78 is 0. The topological polar surface area (TPSA) is 125 Å². The highest BCUT2D eigenvalue weighted by molar-refractivity contribution is 6.23. The number of imide groups is 2. The van der Waals surface area contributed by atoms with Crippen molar-refractivity contribution in [2.45, 2.75) is 51.6 Å².